The van der Waals surface area contributed by atoms with E-state index in [1.54, 1.807) is 20.8 Å². The van der Waals surface area contributed by atoms with Crippen molar-refractivity contribution in [2.24, 2.45) is 5.92 Å². The number of rotatable bonds is 3. The van der Waals surface area contributed by atoms with Gasteiger partial charge in [0, 0.05) is 5.54 Å². The molecule has 0 aromatic carbocycles. The van der Waals surface area contributed by atoms with E-state index in [2.05, 4.69) is 5.32 Å². The number of halogens is 3. The van der Waals surface area contributed by atoms with Gasteiger partial charge in [-0.15, -0.1) is 0 Å². The highest BCUT2D eigenvalue weighted by Gasteiger charge is 2.36. The zero-order valence-electron chi connectivity index (χ0n) is 13.0. The molecule has 0 heterocycles. The highest BCUT2D eigenvalue weighted by Crippen LogP contribution is 2.27. The van der Waals surface area contributed by atoms with Gasteiger partial charge in [-0.3, -0.25) is 4.79 Å². The van der Waals surface area contributed by atoms with Crippen LogP contribution in [0, 0.1) is 5.92 Å². The molecule has 0 unspecified atom stereocenters. The Labute approximate surface area is 128 Å². The maximum atomic E-state index is 12.2. The number of amides is 2. The highest BCUT2D eigenvalue weighted by molar-refractivity contribution is 5.80. The first-order chi connectivity index (χ1) is 9.98. The largest absolute Gasteiger partial charge is 0.445 e. The fourth-order valence-corrected chi connectivity index (χ4v) is 2.33. The summed E-state index contributed by atoms with van der Waals surface area (Å²) in [6.07, 6.45) is -3.41. The quantitative estimate of drug-likeness (QED) is 0.839. The summed E-state index contributed by atoms with van der Waals surface area (Å²) in [5.74, 6) is -1.45. The van der Waals surface area contributed by atoms with E-state index in [4.69, 9.17) is 4.74 Å². The van der Waals surface area contributed by atoms with Gasteiger partial charge in [-0.25, -0.2) is 4.79 Å². The Kier molecular flexibility index (Phi) is 6.08. The van der Waals surface area contributed by atoms with Crippen LogP contribution in [0.25, 0.3) is 0 Å². The molecule has 128 valence electrons. The molecule has 22 heavy (non-hydrogen) atoms. The van der Waals surface area contributed by atoms with E-state index in [1.165, 1.54) is 0 Å². The van der Waals surface area contributed by atoms with E-state index in [0.29, 0.717) is 12.8 Å². The lowest BCUT2D eigenvalue weighted by atomic mass is 9.85. The van der Waals surface area contributed by atoms with E-state index in [9.17, 15) is 22.8 Å². The third-order valence-corrected chi connectivity index (χ3v) is 3.24. The average molecular weight is 324 g/mol. The average Bonchev–Trinajstić information content (AvgIpc) is 2.33. The standard InChI is InChI=1S/C14H23F3N2O3/c1-13(2,3)19-12(21)22-10-7-5-4-6-9(10)11(20)18-8-14(15,16)17/h9-10H,4-8H2,1-3H3,(H,18,20)(H,19,21)/t9-,10+/m0/s1. The Balaban J connectivity index is 2.59. The van der Waals surface area contributed by atoms with Crippen LogP contribution in [0.3, 0.4) is 0 Å². The summed E-state index contributed by atoms with van der Waals surface area (Å²) in [6, 6.07) is 0. The summed E-state index contributed by atoms with van der Waals surface area (Å²) in [6.45, 7) is 3.97. The molecule has 0 aromatic heterocycles. The van der Waals surface area contributed by atoms with Crippen molar-refractivity contribution in [1.82, 2.24) is 10.6 Å². The van der Waals surface area contributed by atoms with Gasteiger partial charge in [-0.2, -0.15) is 13.2 Å². The van der Waals surface area contributed by atoms with Crippen LogP contribution in [0.15, 0.2) is 0 Å². The summed E-state index contributed by atoms with van der Waals surface area (Å²) in [5.41, 5.74) is -0.486. The second-order valence-corrected chi connectivity index (χ2v) is 6.54. The molecule has 1 fully saturated rings. The summed E-state index contributed by atoms with van der Waals surface area (Å²) < 4.78 is 41.7. The van der Waals surface area contributed by atoms with Crippen molar-refractivity contribution in [1.29, 1.82) is 0 Å². The minimum absolute atomic E-state index is 0.414. The fraction of sp³-hybridized carbons (Fsp3) is 0.857. The third kappa shape index (κ3) is 7.00. The van der Waals surface area contributed by atoms with E-state index in [0.717, 1.165) is 12.8 Å². The van der Waals surface area contributed by atoms with Crippen molar-refractivity contribution >= 4 is 12.0 Å². The van der Waals surface area contributed by atoms with Crippen molar-refractivity contribution in [2.45, 2.75) is 64.3 Å². The number of carbonyl (C=O) groups is 2. The lowest BCUT2D eigenvalue weighted by molar-refractivity contribution is -0.144. The molecule has 0 aliphatic heterocycles. The fourth-order valence-electron chi connectivity index (χ4n) is 2.33. The summed E-state index contributed by atoms with van der Waals surface area (Å²) in [5, 5.41) is 4.48. The van der Waals surface area contributed by atoms with Crippen LogP contribution in [-0.4, -0.2) is 36.4 Å². The van der Waals surface area contributed by atoms with Crippen LogP contribution in [0.2, 0.25) is 0 Å². The van der Waals surface area contributed by atoms with Crippen molar-refractivity contribution in [2.75, 3.05) is 6.54 Å². The van der Waals surface area contributed by atoms with Crippen LogP contribution >= 0.6 is 0 Å². The molecule has 0 aromatic rings. The van der Waals surface area contributed by atoms with Gasteiger partial charge in [0.15, 0.2) is 0 Å². The van der Waals surface area contributed by atoms with Crippen molar-refractivity contribution < 1.29 is 27.5 Å². The molecule has 0 spiro atoms. The first-order valence-electron chi connectivity index (χ1n) is 7.31. The van der Waals surface area contributed by atoms with Gasteiger partial charge in [0.05, 0.1) is 5.92 Å². The minimum Gasteiger partial charge on any atom is -0.445 e. The molecule has 2 amide bonds. The molecule has 2 atom stereocenters. The van der Waals surface area contributed by atoms with Crippen molar-refractivity contribution in [3.05, 3.63) is 0 Å². The van der Waals surface area contributed by atoms with Gasteiger partial charge in [0.1, 0.15) is 12.6 Å². The number of hydrogen-bond acceptors (Lipinski definition) is 3. The molecule has 1 aliphatic rings. The van der Waals surface area contributed by atoms with Crippen LogP contribution < -0.4 is 10.6 Å². The third-order valence-electron chi connectivity index (χ3n) is 3.24. The van der Waals surface area contributed by atoms with Gasteiger partial charge < -0.3 is 15.4 Å². The van der Waals surface area contributed by atoms with Gasteiger partial charge in [0.2, 0.25) is 5.91 Å². The first-order valence-corrected chi connectivity index (χ1v) is 7.31. The molecule has 0 saturated heterocycles. The van der Waals surface area contributed by atoms with Gasteiger partial charge in [-0.1, -0.05) is 6.42 Å². The second kappa shape index (κ2) is 7.19. The maximum Gasteiger partial charge on any atom is 0.407 e. The van der Waals surface area contributed by atoms with E-state index in [1.807, 2.05) is 5.32 Å². The van der Waals surface area contributed by atoms with Gasteiger partial charge in [-0.05, 0) is 40.0 Å². The topological polar surface area (TPSA) is 67.4 Å². The van der Waals surface area contributed by atoms with Gasteiger partial charge in [0.25, 0.3) is 0 Å². The SMILES string of the molecule is CC(C)(C)NC(=O)O[C@@H]1CCCC[C@@H]1C(=O)NCC(F)(F)F. The first kappa shape index (κ1) is 18.6. The normalized spacial score (nSPS) is 22.8. The Morgan fingerprint density at radius 2 is 1.73 bits per heavy atom. The Bertz CT molecular complexity index is 405. The lowest BCUT2D eigenvalue weighted by Gasteiger charge is -2.31. The molecule has 1 aliphatic carbocycles. The highest BCUT2D eigenvalue weighted by atomic mass is 19.4. The molecule has 5 nitrogen and oxygen atoms in total. The summed E-state index contributed by atoms with van der Waals surface area (Å²) in [4.78, 5) is 23.7. The minimum atomic E-state index is -4.45. The number of hydrogen-bond donors (Lipinski definition) is 2. The number of nitrogens with one attached hydrogen (secondary N) is 2. The second-order valence-electron chi connectivity index (χ2n) is 6.54. The van der Waals surface area contributed by atoms with Crippen LogP contribution in [0.1, 0.15) is 46.5 Å². The number of ether oxygens (including phenoxy) is 1. The van der Waals surface area contributed by atoms with Crippen LogP contribution in [-0.2, 0) is 9.53 Å². The maximum absolute atomic E-state index is 12.2. The molecule has 1 rings (SSSR count). The van der Waals surface area contributed by atoms with Gasteiger partial charge >= 0.3 is 12.3 Å². The van der Waals surface area contributed by atoms with E-state index >= 15 is 0 Å². The summed E-state index contributed by atoms with van der Waals surface area (Å²) in [7, 11) is 0. The number of alkyl carbamates (subject to hydrolysis) is 1. The van der Waals surface area contributed by atoms with E-state index in [-0.39, 0.29) is 0 Å². The van der Waals surface area contributed by atoms with Crippen molar-refractivity contribution in [3.63, 3.8) is 0 Å². The Morgan fingerprint density at radius 1 is 1.14 bits per heavy atom. The predicted octanol–water partition coefficient (Wildman–Crippen LogP) is 2.75. The molecule has 0 radical (unpaired) electrons. The molecular formula is C14H23F3N2O3. The predicted molar refractivity (Wildman–Crippen MR) is 74.2 cm³/mol. The van der Waals surface area contributed by atoms with Crippen LogP contribution in [0.4, 0.5) is 18.0 Å². The molecular weight excluding hydrogens is 301 g/mol. The van der Waals surface area contributed by atoms with E-state index < -0.39 is 42.3 Å². The Hall–Kier alpha value is -1.47. The number of carbonyl (C=O) groups excluding carboxylic acids is 2. The van der Waals surface area contributed by atoms with Crippen molar-refractivity contribution in [3.8, 4) is 0 Å². The molecule has 8 heteroatoms. The smallest absolute Gasteiger partial charge is 0.407 e. The zero-order chi connectivity index (χ0) is 17.0. The molecule has 0 bridgehead atoms. The molecule has 1 saturated carbocycles. The lowest BCUT2D eigenvalue weighted by Crippen LogP contribution is -2.47. The summed E-state index contributed by atoms with van der Waals surface area (Å²) >= 11 is 0. The monoisotopic (exact) mass is 324 g/mol. The zero-order valence-corrected chi connectivity index (χ0v) is 13.0. The molecule has 2 N–H and O–H groups in total. The van der Waals surface area contributed by atoms with Crippen LogP contribution in [0.5, 0.6) is 0 Å². The number of alkyl halides is 3. The Morgan fingerprint density at radius 3 is 2.27 bits per heavy atom.